The van der Waals surface area contributed by atoms with E-state index in [1.807, 2.05) is 22.8 Å². The smallest absolute Gasteiger partial charge is 0.201 e. The van der Waals surface area contributed by atoms with E-state index in [1.54, 1.807) is 11.8 Å². The standard InChI is InChI=1S/C11H14ClN3S/c1-7(6-16-2)15-9-5-3-4-8(12)10(9)14-11(15)13/h3-5,7H,6H2,1-2H3,(H2,13,14). The number of nitrogen functional groups attached to an aromatic ring is 1. The molecule has 0 bridgehead atoms. The van der Waals surface area contributed by atoms with Crippen LogP contribution in [-0.2, 0) is 0 Å². The molecule has 0 aliphatic carbocycles. The van der Waals surface area contributed by atoms with Crippen molar-refractivity contribution in [1.29, 1.82) is 0 Å². The molecular weight excluding hydrogens is 242 g/mol. The van der Waals surface area contributed by atoms with Crippen molar-refractivity contribution in [2.24, 2.45) is 0 Å². The van der Waals surface area contributed by atoms with Crippen LogP contribution in [-0.4, -0.2) is 21.6 Å². The summed E-state index contributed by atoms with van der Waals surface area (Å²) in [4.78, 5) is 4.32. The minimum atomic E-state index is 0.318. The van der Waals surface area contributed by atoms with E-state index < -0.39 is 0 Å². The van der Waals surface area contributed by atoms with Gasteiger partial charge in [0.1, 0.15) is 5.52 Å². The van der Waals surface area contributed by atoms with E-state index in [4.69, 9.17) is 17.3 Å². The van der Waals surface area contributed by atoms with Gasteiger partial charge in [0.15, 0.2) is 0 Å². The molecule has 0 saturated carbocycles. The van der Waals surface area contributed by atoms with Crippen LogP contribution in [0.4, 0.5) is 5.95 Å². The maximum atomic E-state index is 6.09. The first kappa shape index (κ1) is 11.6. The van der Waals surface area contributed by atoms with E-state index in [0.717, 1.165) is 16.8 Å². The summed E-state index contributed by atoms with van der Waals surface area (Å²) >= 11 is 7.88. The molecule has 1 atom stereocenters. The maximum Gasteiger partial charge on any atom is 0.201 e. The number of hydrogen-bond donors (Lipinski definition) is 1. The van der Waals surface area contributed by atoms with Crippen LogP contribution < -0.4 is 5.73 Å². The predicted molar refractivity (Wildman–Crippen MR) is 72.2 cm³/mol. The quantitative estimate of drug-likeness (QED) is 0.916. The Morgan fingerprint density at radius 2 is 2.31 bits per heavy atom. The largest absolute Gasteiger partial charge is 0.369 e. The zero-order valence-corrected chi connectivity index (χ0v) is 10.8. The van der Waals surface area contributed by atoms with Gasteiger partial charge in [-0.05, 0) is 25.3 Å². The summed E-state index contributed by atoms with van der Waals surface area (Å²) in [6, 6.07) is 6.08. The van der Waals surface area contributed by atoms with Crippen molar-refractivity contribution in [3.63, 3.8) is 0 Å². The predicted octanol–water partition coefficient (Wildman–Crippen LogP) is 3.20. The number of nitrogens with two attached hydrogens (primary N) is 1. The van der Waals surface area contributed by atoms with Crippen molar-refractivity contribution in [3.05, 3.63) is 23.2 Å². The van der Waals surface area contributed by atoms with Crippen LogP contribution in [0.3, 0.4) is 0 Å². The first-order valence-electron chi connectivity index (χ1n) is 5.06. The lowest BCUT2D eigenvalue weighted by atomic mass is 10.3. The van der Waals surface area contributed by atoms with Gasteiger partial charge in [0.25, 0.3) is 0 Å². The molecule has 1 heterocycles. The fourth-order valence-corrected chi connectivity index (χ4v) is 2.72. The summed E-state index contributed by atoms with van der Waals surface area (Å²) in [6.45, 7) is 2.13. The third-order valence-corrected chi connectivity index (χ3v) is 3.67. The monoisotopic (exact) mass is 255 g/mol. The second kappa shape index (κ2) is 4.55. The fourth-order valence-electron chi connectivity index (χ4n) is 1.88. The van der Waals surface area contributed by atoms with E-state index in [0.29, 0.717) is 17.0 Å². The van der Waals surface area contributed by atoms with Gasteiger partial charge in [-0.25, -0.2) is 4.98 Å². The molecule has 1 aromatic heterocycles. The number of halogens is 1. The van der Waals surface area contributed by atoms with Crippen molar-refractivity contribution in [2.75, 3.05) is 17.7 Å². The van der Waals surface area contributed by atoms with Crippen LogP contribution >= 0.6 is 23.4 Å². The minimum absolute atomic E-state index is 0.318. The van der Waals surface area contributed by atoms with E-state index >= 15 is 0 Å². The van der Waals surface area contributed by atoms with E-state index in [-0.39, 0.29) is 0 Å². The Hall–Kier alpha value is -0.870. The van der Waals surface area contributed by atoms with Crippen LogP contribution in [0.15, 0.2) is 18.2 Å². The Kier molecular flexibility index (Phi) is 3.30. The molecular formula is C11H14ClN3S. The molecule has 5 heteroatoms. The molecule has 0 aliphatic heterocycles. The SMILES string of the molecule is CSCC(C)n1c(N)nc2c(Cl)cccc21. The van der Waals surface area contributed by atoms with Crippen LogP contribution in [0, 0.1) is 0 Å². The molecule has 1 unspecified atom stereocenters. The Labute approximate surface area is 104 Å². The second-order valence-corrected chi connectivity index (χ2v) is 5.07. The average molecular weight is 256 g/mol. The number of rotatable bonds is 3. The number of nitrogens with zero attached hydrogens (tertiary/aromatic N) is 2. The molecule has 0 spiro atoms. The Balaban J connectivity index is 2.60. The number of imidazole rings is 1. The summed E-state index contributed by atoms with van der Waals surface area (Å²) in [7, 11) is 0. The van der Waals surface area contributed by atoms with E-state index in [1.165, 1.54) is 0 Å². The number of hydrogen-bond acceptors (Lipinski definition) is 3. The van der Waals surface area contributed by atoms with Gasteiger partial charge < -0.3 is 10.3 Å². The minimum Gasteiger partial charge on any atom is -0.369 e. The highest BCUT2D eigenvalue weighted by Crippen LogP contribution is 2.28. The zero-order valence-electron chi connectivity index (χ0n) is 9.27. The number of benzene rings is 1. The van der Waals surface area contributed by atoms with Gasteiger partial charge in [-0.3, -0.25) is 0 Å². The molecule has 3 nitrogen and oxygen atoms in total. The number of fused-ring (bicyclic) bond motifs is 1. The van der Waals surface area contributed by atoms with Crippen LogP contribution in [0.5, 0.6) is 0 Å². The Bertz CT molecular complexity index is 509. The second-order valence-electron chi connectivity index (χ2n) is 3.75. The van der Waals surface area contributed by atoms with Crippen LogP contribution in [0.1, 0.15) is 13.0 Å². The van der Waals surface area contributed by atoms with Crippen molar-refractivity contribution in [2.45, 2.75) is 13.0 Å². The summed E-state index contributed by atoms with van der Waals surface area (Å²) in [5, 5.41) is 0.652. The molecule has 2 N–H and O–H groups in total. The van der Waals surface area contributed by atoms with E-state index in [2.05, 4.69) is 18.2 Å². The van der Waals surface area contributed by atoms with Gasteiger partial charge in [0.2, 0.25) is 5.95 Å². The highest BCUT2D eigenvalue weighted by Gasteiger charge is 2.14. The summed E-state index contributed by atoms with van der Waals surface area (Å²) in [5.41, 5.74) is 7.73. The fraction of sp³-hybridized carbons (Fsp3) is 0.364. The molecule has 0 fully saturated rings. The first-order chi connectivity index (χ1) is 7.65. The maximum absolute atomic E-state index is 6.09. The zero-order chi connectivity index (χ0) is 11.7. The summed E-state index contributed by atoms with van der Waals surface area (Å²) in [5.74, 6) is 1.53. The molecule has 2 rings (SSSR count). The lowest BCUT2D eigenvalue weighted by molar-refractivity contribution is 0.637. The van der Waals surface area contributed by atoms with Gasteiger partial charge in [0, 0.05) is 11.8 Å². The highest BCUT2D eigenvalue weighted by atomic mass is 35.5. The molecule has 16 heavy (non-hydrogen) atoms. The van der Waals surface area contributed by atoms with Crippen LogP contribution in [0.2, 0.25) is 5.02 Å². The highest BCUT2D eigenvalue weighted by molar-refractivity contribution is 7.98. The molecule has 0 aliphatic rings. The van der Waals surface area contributed by atoms with Crippen molar-refractivity contribution in [1.82, 2.24) is 9.55 Å². The van der Waals surface area contributed by atoms with E-state index in [9.17, 15) is 0 Å². The van der Waals surface area contributed by atoms with Gasteiger partial charge in [-0.2, -0.15) is 11.8 Å². The van der Waals surface area contributed by atoms with Gasteiger partial charge >= 0.3 is 0 Å². The molecule has 0 saturated heterocycles. The molecule has 2 aromatic rings. The Morgan fingerprint density at radius 3 is 3.00 bits per heavy atom. The number of para-hydroxylation sites is 1. The summed E-state index contributed by atoms with van der Waals surface area (Å²) in [6.07, 6.45) is 2.08. The number of aromatic nitrogens is 2. The summed E-state index contributed by atoms with van der Waals surface area (Å²) < 4.78 is 2.04. The normalized spacial score (nSPS) is 13.2. The number of anilines is 1. The third kappa shape index (κ3) is 1.87. The lowest BCUT2D eigenvalue weighted by Gasteiger charge is -2.14. The average Bonchev–Trinajstić information content (AvgIpc) is 2.56. The van der Waals surface area contributed by atoms with Crippen LogP contribution in [0.25, 0.3) is 11.0 Å². The molecule has 1 aromatic carbocycles. The van der Waals surface area contributed by atoms with Crippen molar-refractivity contribution in [3.8, 4) is 0 Å². The van der Waals surface area contributed by atoms with Crippen molar-refractivity contribution < 1.29 is 0 Å². The van der Waals surface area contributed by atoms with Gasteiger partial charge in [-0.1, -0.05) is 17.7 Å². The third-order valence-electron chi connectivity index (χ3n) is 2.55. The molecule has 86 valence electrons. The van der Waals surface area contributed by atoms with Gasteiger partial charge in [0.05, 0.1) is 10.5 Å². The molecule has 0 radical (unpaired) electrons. The van der Waals surface area contributed by atoms with Crippen molar-refractivity contribution >= 4 is 40.3 Å². The topological polar surface area (TPSA) is 43.8 Å². The molecule has 0 amide bonds. The lowest BCUT2D eigenvalue weighted by Crippen LogP contribution is -2.10. The number of thioether (sulfide) groups is 1. The van der Waals surface area contributed by atoms with Gasteiger partial charge in [-0.15, -0.1) is 0 Å². The first-order valence-corrected chi connectivity index (χ1v) is 6.83. The Morgan fingerprint density at radius 1 is 1.56 bits per heavy atom.